The number of hydrogen-bond donors (Lipinski definition) is 2. The van der Waals surface area contributed by atoms with Crippen LogP contribution in [0.5, 0.6) is 11.5 Å². The second-order valence-electron chi connectivity index (χ2n) is 7.86. The van der Waals surface area contributed by atoms with Gasteiger partial charge in [-0.3, -0.25) is 9.69 Å². The Labute approximate surface area is 178 Å². The Balaban J connectivity index is 1.48. The molecule has 29 heavy (non-hydrogen) atoms. The van der Waals surface area contributed by atoms with Crippen molar-refractivity contribution in [1.29, 1.82) is 0 Å². The zero-order chi connectivity index (χ0) is 20.2. The quantitative estimate of drug-likeness (QED) is 0.710. The van der Waals surface area contributed by atoms with Crippen molar-refractivity contribution in [2.24, 2.45) is 0 Å². The Kier molecular flexibility index (Phi) is 6.43. The number of nitrogens with zero attached hydrogens (tertiary/aromatic N) is 2. The molecule has 0 unspecified atom stereocenters. The molecule has 1 amide bonds. The monoisotopic (exact) mass is 411 g/mol. The fraction of sp³-hybridized carbons (Fsp3) is 0.435. The average molecular weight is 412 g/mol. The summed E-state index contributed by atoms with van der Waals surface area (Å²) in [4.78, 5) is 18.6. The van der Waals surface area contributed by atoms with Crippen molar-refractivity contribution in [3.63, 3.8) is 0 Å². The van der Waals surface area contributed by atoms with Crippen molar-refractivity contribution in [1.82, 2.24) is 15.1 Å². The molecule has 0 aromatic heterocycles. The first kappa shape index (κ1) is 20.3. The maximum Gasteiger partial charge on any atom is 0.253 e. The van der Waals surface area contributed by atoms with Gasteiger partial charge in [0.1, 0.15) is 11.5 Å². The largest absolute Gasteiger partial charge is 0.457 e. The zero-order valence-corrected chi connectivity index (χ0v) is 17.8. The van der Waals surface area contributed by atoms with Gasteiger partial charge in [0.15, 0.2) is 0 Å². The normalized spacial score (nSPS) is 17.8. The number of nitrogens with one attached hydrogen (secondary N) is 1. The van der Waals surface area contributed by atoms with Gasteiger partial charge in [-0.25, -0.2) is 0 Å². The topological polar surface area (TPSA) is 44.8 Å². The molecule has 1 aliphatic carbocycles. The molecule has 1 saturated carbocycles. The van der Waals surface area contributed by atoms with E-state index >= 15 is 0 Å². The minimum absolute atomic E-state index is 0.117. The average Bonchev–Trinajstić information content (AvgIpc) is 3.57. The third-order valence-corrected chi connectivity index (χ3v) is 5.92. The summed E-state index contributed by atoms with van der Waals surface area (Å²) in [5.74, 6) is 1.64. The van der Waals surface area contributed by atoms with E-state index in [1.165, 1.54) is 12.8 Å². The predicted molar refractivity (Wildman–Crippen MR) is 118 cm³/mol. The van der Waals surface area contributed by atoms with Gasteiger partial charge in [-0.2, -0.15) is 0 Å². The molecule has 6 heteroatoms. The molecule has 1 saturated heterocycles. The molecular weight excluding hydrogens is 382 g/mol. The second-order valence-corrected chi connectivity index (χ2v) is 8.38. The van der Waals surface area contributed by atoms with E-state index in [0.29, 0.717) is 6.54 Å². The van der Waals surface area contributed by atoms with Gasteiger partial charge in [-0.05, 0) is 68.8 Å². The van der Waals surface area contributed by atoms with Crippen molar-refractivity contribution in [3.05, 3.63) is 53.6 Å². The lowest BCUT2D eigenvalue weighted by Gasteiger charge is -2.22. The Morgan fingerprint density at radius 3 is 2.62 bits per heavy atom. The molecule has 1 N–H and O–H groups in total. The number of thiol groups is 1. The van der Waals surface area contributed by atoms with Gasteiger partial charge < -0.3 is 15.0 Å². The molecule has 0 atom stereocenters. The molecule has 0 radical (unpaired) electrons. The van der Waals surface area contributed by atoms with Gasteiger partial charge in [0, 0.05) is 54.8 Å². The SMILES string of the molecule is CNCc1cc(C(=O)N2CCCN(C3CC3)CC2)ccc1Oc1ccc(S)cc1. The Bertz CT molecular complexity index is 852. The molecule has 1 aliphatic heterocycles. The van der Waals surface area contributed by atoms with Crippen LogP contribution in [0.25, 0.3) is 0 Å². The van der Waals surface area contributed by atoms with E-state index in [0.717, 1.165) is 66.2 Å². The molecule has 5 nitrogen and oxygen atoms in total. The van der Waals surface area contributed by atoms with Crippen molar-refractivity contribution in [3.8, 4) is 11.5 Å². The van der Waals surface area contributed by atoms with E-state index < -0.39 is 0 Å². The molecule has 1 heterocycles. The Hall–Kier alpha value is -2.02. The molecular formula is C23H29N3O2S. The molecule has 154 valence electrons. The van der Waals surface area contributed by atoms with Crippen LogP contribution in [0.4, 0.5) is 0 Å². The Morgan fingerprint density at radius 1 is 1.10 bits per heavy atom. The standard InChI is InChI=1S/C23H29N3O2S/c1-24-16-18-15-17(3-10-22(18)28-20-6-8-21(29)9-7-20)23(27)26-12-2-11-25(13-14-26)19-4-5-19/h3,6-10,15,19,24,29H,2,4-5,11-14,16H2,1H3. The number of carbonyl (C=O) groups is 1. The summed E-state index contributed by atoms with van der Waals surface area (Å²) in [5, 5.41) is 3.18. The fourth-order valence-electron chi connectivity index (χ4n) is 3.91. The van der Waals surface area contributed by atoms with Crippen molar-refractivity contribution < 1.29 is 9.53 Å². The van der Waals surface area contributed by atoms with Gasteiger partial charge in [0.25, 0.3) is 5.91 Å². The van der Waals surface area contributed by atoms with Crippen LogP contribution in [0, 0.1) is 0 Å². The lowest BCUT2D eigenvalue weighted by molar-refractivity contribution is 0.0761. The Morgan fingerprint density at radius 2 is 1.90 bits per heavy atom. The number of carbonyl (C=O) groups excluding carboxylic acids is 1. The number of hydrogen-bond acceptors (Lipinski definition) is 5. The van der Waals surface area contributed by atoms with Crippen LogP contribution in [0.2, 0.25) is 0 Å². The minimum Gasteiger partial charge on any atom is -0.457 e. The molecule has 0 bridgehead atoms. The van der Waals surface area contributed by atoms with Crippen LogP contribution < -0.4 is 10.1 Å². The van der Waals surface area contributed by atoms with Gasteiger partial charge in [-0.1, -0.05) is 0 Å². The van der Waals surface area contributed by atoms with Crippen molar-refractivity contribution >= 4 is 18.5 Å². The lowest BCUT2D eigenvalue weighted by Crippen LogP contribution is -2.35. The first-order valence-electron chi connectivity index (χ1n) is 10.4. The van der Waals surface area contributed by atoms with Gasteiger partial charge in [-0.15, -0.1) is 12.6 Å². The van der Waals surface area contributed by atoms with Crippen LogP contribution in [0.15, 0.2) is 47.4 Å². The van der Waals surface area contributed by atoms with Crippen LogP contribution in [0.1, 0.15) is 35.2 Å². The van der Waals surface area contributed by atoms with Crippen LogP contribution in [0.3, 0.4) is 0 Å². The number of ether oxygens (including phenoxy) is 1. The van der Waals surface area contributed by atoms with Gasteiger partial charge in [0.05, 0.1) is 0 Å². The molecule has 2 aromatic rings. The van der Waals surface area contributed by atoms with Crippen LogP contribution in [-0.4, -0.2) is 55.0 Å². The minimum atomic E-state index is 0.117. The molecule has 2 aliphatic rings. The van der Waals surface area contributed by atoms with Crippen LogP contribution >= 0.6 is 12.6 Å². The van der Waals surface area contributed by atoms with Gasteiger partial charge in [0.2, 0.25) is 0 Å². The summed E-state index contributed by atoms with van der Waals surface area (Å²) in [5.41, 5.74) is 1.70. The summed E-state index contributed by atoms with van der Waals surface area (Å²) < 4.78 is 6.06. The summed E-state index contributed by atoms with van der Waals surface area (Å²) in [6.07, 6.45) is 3.69. The second kappa shape index (κ2) is 9.20. The van der Waals surface area contributed by atoms with E-state index in [9.17, 15) is 4.79 Å². The molecule has 4 rings (SSSR count). The first-order valence-corrected chi connectivity index (χ1v) is 10.9. The van der Waals surface area contributed by atoms with Crippen LogP contribution in [-0.2, 0) is 6.54 Å². The third kappa shape index (κ3) is 5.13. The van der Waals surface area contributed by atoms with E-state index in [1.54, 1.807) is 0 Å². The van der Waals surface area contributed by atoms with E-state index in [2.05, 4.69) is 22.8 Å². The van der Waals surface area contributed by atoms with E-state index in [1.807, 2.05) is 54.4 Å². The molecule has 0 spiro atoms. The maximum atomic E-state index is 13.1. The molecule has 2 aromatic carbocycles. The summed E-state index contributed by atoms with van der Waals surface area (Å²) in [6.45, 7) is 4.37. The van der Waals surface area contributed by atoms with E-state index in [-0.39, 0.29) is 5.91 Å². The highest BCUT2D eigenvalue weighted by Crippen LogP contribution is 2.29. The van der Waals surface area contributed by atoms with Crippen molar-refractivity contribution in [2.45, 2.75) is 36.7 Å². The summed E-state index contributed by atoms with van der Waals surface area (Å²) >= 11 is 4.31. The number of amides is 1. The summed E-state index contributed by atoms with van der Waals surface area (Å²) in [6, 6.07) is 14.1. The maximum absolute atomic E-state index is 13.1. The van der Waals surface area contributed by atoms with E-state index in [4.69, 9.17) is 4.74 Å². The number of benzene rings is 2. The lowest BCUT2D eigenvalue weighted by atomic mass is 10.1. The van der Waals surface area contributed by atoms with Crippen molar-refractivity contribution in [2.75, 3.05) is 33.2 Å². The first-order chi connectivity index (χ1) is 14.1. The summed E-state index contributed by atoms with van der Waals surface area (Å²) in [7, 11) is 1.90. The highest BCUT2D eigenvalue weighted by Gasteiger charge is 2.31. The highest BCUT2D eigenvalue weighted by atomic mass is 32.1. The molecule has 2 fully saturated rings. The zero-order valence-electron chi connectivity index (χ0n) is 16.9. The fourth-order valence-corrected chi connectivity index (χ4v) is 4.06. The highest BCUT2D eigenvalue weighted by molar-refractivity contribution is 7.80. The number of rotatable bonds is 6. The predicted octanol–water partition coefficient (Wildman–Crippen LogP) is 3.80. The van der Waals surface area contributed by atoms with Gasteiger partial charge >= 0.3 is 0 Å². The third-order valence-electron chi connectivity index (χ3n) is 5.62. The smallest absolute Gasteiger partial charge is 0.253 e.